The second-order valence-corrected chi connectivity index (χ2v) is 4.04. The van der Waals surface area contributed by atoms with Crippen LogP contribution < -0.4 is 0 Å². The topological polar surface area (TPSA) is 43.7 Å². The summed E-state index contributed by atoms with van der Waals surface area (Å²) < 4.78 is 13.2. The first-order chi connectivity index (χ1) is 8.67. The largest absolute Gasteiger partial charge is 0.395 e. The van der Waals surface area contributed by atoms with Gasteiger partial charge in [-0.3, -0.25) is 4.90 Å². The van der Waals surface area contributed by atoms with E-state index in [-0.39, 0.29) is 19.0 Å². The van der Waals surface area contributed by atoms with E-state index in [1.54, 1.807) is 6.07 Å². The Morgan fingerprint density at radius 3 is 2.72 bits per heavy atom. The molecule has 0 aliphatic rings. The lowest BCUT2D eigenvalue weighted by molar-refractivity contribution is 0.217. The van der Waals surface area contributed by atoms with Crippen LogP contribution in [0.4, 0.5) is 4.39 Å². The summed E-state index contributed by atoms with van der Waals surface area (Å²) in [4.78, 5) is 1.93. The first kappa shape index (κ1) is 14.7. The minimum absolute atomic E-state index is 0.00205. The van der Waals surface area contributed by atoms with Gasteiger partial charge >= 0.3 is 0 Å². The van der Waals surface area contributed by atoms with Crippen LogP contribution in [0.2, 0.25) is 0 Å². The molecule has 0 aliphatic heterocycles. The Hall–Kier alpha value is -1.41. The number of nitrogens with zero attached hydrogens (tertiary/aromatic N) is 1. The van der Waals surface area contributed by atoms with Gasteiger partial charge in [-0.2, -0.15) is 0 Å². The maximum atomic E-state index is 13.2. The maximum absolute atomic E-state index is 13.2. The highest BCUT2D eigenvalue weighted by molar-refractivity contribution is 5.41. The third-order valence-corrected chi connectivity index (χ3v) is 2.45. The van der Waals surface area contributed by atoms with E-state index in [0.717, 1.165) is 5.56 Å². The Bertz CT molecular complexity index is 437. The molecule has 0 unspecified atom stereocenters. The van der Waals surface area contributed by atoms with E-state index in [4.69, 9.17) is 10.2 Å². The average Bonchev–Trinajstić information content (AvgIpc) is 2.33. The van der Waals surface area contributed by atoms with Crippen molar-refractivity contribution in [1.82, 2.24) is 4.90 Å². The minimum atomic E-state index is -0.322. The highest BCUT2D eigenvalue weighted by Crippen LogP contribution is 2.12. The van der Waals surface area contributed by atoms with Crippen LogP contribution in [0.3, 0.4) is 0 Å². The fourth-order valence-corrected chi connectivity index (χ4v) is 1.56. The maximum Gasteiger partial charge on any atom is 0.124 e. The Labute approximate surface area is 107 Å². The highest BCUT2D eigenvalue weighted by atomic mass is 19.1. The van der Waals surface area contributed by atoms with Gasteiger partial charge in [-0.1, -0.05) is 17.9 Å². The smallest absolute Gasteiger partial charge is 0.124 e. The van der Waals surface area contributed by atoms with Crippen LogP contribution >= 0.6 is 0 Å². The van der Waals surface area contributed by atoms with Crippen molar-refractivity contribution >= 4 is 0 Å². The molecule has 18 heavy (non-hydrogen) atoms. The van der Waals surface area contributed by atoms with Crippen molar-refractivity contribution in [3.63, 3.8) is 0 Å². The zero-order chi connectivity index (χ0) is 13.4. The second kappa shape index (κ2) is 7.83. The van der Waals surface area contributed by atoms with Gasteiger partial charge in [0.2, 0.25) is 0 Å². The lowest BCUT2D eigenvalue weighted by Gasteiger charge is -2.16. The standard InChI is InChI=1S/C14H18FNO2/c1-16(7-9-18)11-13-5-6-14(15)10-12(13)4-2-3-8-17/h5-6,10,17-18H,3,7-9,11H2,1H3. The van der Waals surface area contributed by atoms with Gasteiger partial charge in [-0.05, 0) is 24.7 Å². The Morgan fingerprint density at radius 1 is 1.28 bits per heavy atom. The minimum Gasteiger partial charge on any atom is -0.395 e. The number of aliphatic hydroxyl groups excluding tert-OH is 2. The van der Waals surface area contributed by atoms with E-state index >= 15 is 0 Å². The number of aliphatic hydroxyl groups is 2. The van der Waals surface area contributed by atoms with Crippen molar-refractivity contribution in [2.24, 2.45) is 0 Å². The number of likely N-dealkylation sites (N-methyl/N-ethyl adjacent to an activating group) is 1. The zero-order valence-electron chi connectivity index (χ0n) is 10.5. The number of benzene rings is 1. The number of halogens is 1. The van der Waals surface area contributed by atoms with E-state index in [9.17, 15) is 4.39 Å². The van der Waals surface area contributed by atoms with Gasteiger partial charge in [0, 0.05) is 25.1 Å². The number of hydrogen-bond donors (Lipinski definition) is 2. The zero-order valence-corrected chi connectivity index (χ0v) is 10.5. The molecule has 0 atom stereocenters. The van der Waals surface area contributed by atoms with E-state index in [2.05, 4.69) is 11.8 Å². The van der Waals surface area contributed by atoms with Gasteiger partial charge in [0.05, 0.1) is 13.2 Å². The van der Waals surface area contributed by atoms with Crippen LogP contribution in [0.5, 0.6) is 0 Å². The summed E-state index contributed by atoms with van der Waals surface area (Å²) in [7, 11) is 1.88. The van der Waals surface area contributed by atoms with E-state index < -0.39 is 0 Å². The van der Waals surface area contributed by atoms with Crippen molar-refractivity contribution in [3.05, 3.63) is 35.1 Å². The third-order valence-electron chi connectivity index (χ3n) is 2.45. The second-order valence-electron chi connectivity index (χ2n) is 4.04. The van der Waals surface area contributed by atoms with E-state index in [1.165, 1.54) is 12.1 Å². The Kier molecular flexibility index (Phi) is 6.37. The molecule has 1 aromatic carbocycles. The van der Waals surface area contributed by atoms with Gasteiger partial charge in [-0.25, -0.2) is 4.39 Å². The van der Waals surface area contributed by atoms with Crippen molar-refractivity contribution in [3.8, 4) is 11.8 Å². The summed E-state index contributed by atoms with van der Waals surface area (Å²) >= 11 is 0. The fraction of sp³-hybridized carbons (Fsp3) is 0.429. The van der Waals surface area contributed by atoms with Crippen LogP contribution in [-0.4, -0.2) is 41.9 Å². The molecule has 0 heterocycles. The predicted molar refractivity (Wildman–Crippen MR) is 68.4 cm³/mol. The number of rotatable bonds is 5. The lowest BCUT2D eigenvalue weighted by Crippen LogP contribution is -2.22. The summed E-state index contributed by atoms with van der Waals surface area (Å²) in [5.74, 6) is 5.33. The Balaban J connectivity index is 2.86. The molecular formula is C14H18FNO2. The van der Waals surface area contributed by atoms with Crippen LogP contribution in [0.1, 0.15) is 17.5 Å². The van der Waals surface area contributed by atoms with Crippen molar-refractivity contribution < 1.29 is 14.6 Å². The van der Waals surface area contributed by atoms with Crippen LogP contribution in [-0.2, 0) is 6.54 Å². The molecule has 4 heteroatoms. The third kappa shape index (κ3) is 4.84. The van der Waals surface area contributed by atoms with Gasteiger partial charge in [0.15, 0.2) is 0 Å². The van der Waals surface area contributed by atoms with Gasteiger partial charge in [0.1, 0.15) is 5.82 Å². The monoisotopic (exact) mass is 251 g/mol. The summed E-state index contributed by atoms with van der Waals surface area (Å²) in [5.41, 5.74) is 1.55. The first-order valence-corrected chi connectivity index (χ1v) is 5.85. The van der Waals surface area contributed by atoms with Crippen molar-refractivity contribution in [2.75, 3.05) is 26.8 Å². The predicted octanol–water partition coefficient (Wildman–Crippen LogP) is 0.984. The molecule has 2 N–H and O–H groups in total. The normalized spacial score (nSPS) is 10.3. The summed E-state index contributed by atoms with van der Waals surface area (Å²) in [6.45, 7) is 1.25. The quantitative estimate of drug-likeness (QED) is 0.767. The van der Waals surface area contributed by atoms with E-state index in [0.29, 0.717) is 25.1 Å². The summed E-state index contributed by atoms with van der Waals surface area (Å²) in [6, 6.07) is 4.50. The molecule has 0 spiro atoms. The first-order valence-electron chi connectivity index (χ1n) is 5.85. The highest BCUT2D eigenvalue weighted by Gasteiger charge is 2.05. The molecule has 1 aromatic rings. The molecule has 3 nitrogen and oxygen atoms in total. The molecule has 98 valence electrons. The van der Waals surface area contributed by atoms with E-state index in [1.807, 2.05) is 11.9 Å². The molecule has 0 aromatic heterocycles. The SMILES string of the molecule is CN(CCO)Cc1ccc(F)cc1C#CCCO. The molecule has 1 rings (SSSR count). The summed E-state index contributed by atoms with van der Waals surface area (Å²) in [6.07, 6.45) is 0.377. The lowest BCUT2D eigenvalue weighted by atomic mass is 10.1. The van der Waals surface area contributed by atoms with Crippen LogP contribution in [0.25, 0.3) is 0 Å². The molecule has 0 saturated heterocycles. The Morgan fingerprint density at radius 2 is 2.06 bits per heavy atom. The molecule has 0 fully saturated rings. The van der Waals surface area contributed by atoms with Crippen molar-refractivity contribution in [1.29, 1.82) is 0 Å². The molecule has 0 radical (unpaired) electrons. The molecule has 0 saturated carbocycles. The molecule has 0 bridgehead atoms. The number of hydrogen-bond acceptors (Lipinski definition) is 3. The van der Waals surface area contributed by atoms with Gasteiger partial charge < -0.3 is 10.2 Å². The van der Waals surface area contributed by atoms with Crippen LogP contribution in [0, 0.1) is 17.7 Å². The molecular weight excluding hydrogens is 233 g/mol. The van der Waals surface area contributed by atoms with Crippen molar-refractivity contribution in [2.45, 2.75) is 13.0 Å². The molecule has 0 amide bonds. The molecule has 0 aliphatic carbocycles. The summed E-state index contributed by atoms with van der Waals surface area (Å²) in [5, 5.41) is 17.5. The fourth-order valence-electron chi connectivity index (χ4n) is 1.56. The van der Waals surface area contributed by atoms with Gasteiger partial charge in [-0.15, -0.1) is 0 Å². The van der Waals surface area contributed by atoms with Crippen LogP contribution in [0.15, 0.2) is 18.2 Å². The average molecular weight is 251 g/mol. The van der Waals surface area contributed by atoms with Gasteiger partial charge in [0.25, 0.3) is 0 Å².